The van der Waals surface area contributed by atoms with Crippen molar-refractivity contribution in [3.63, 3.8) is 0 Å². The largest absolute Gasteiger partial charge is 0.477 e. The molecule has 0 saturated carbocycles. The number of aromatic nitrogens is 2. The van der Waals surface area contributed by atoms with Crippen LogP contribution in [0.3, 0.4) is 0 Å². The van der Waals surface area contributed by atoms with E-state index in [4.69, 9.17) is 5.11 Å². The van der Waals surface area contributed by atoms with E-state index in [1.54, 1.807) is 6.07 Å². The zero-order valence-corrected chi connectivity index (χ0v) is 10.3. The van der Waals surface area contributed by atoms with Crippen molar-refractivity contribution in [3.8, 4) is 11.4 Å². The SMILES string of the molecule is O=C(O)c1cc(=O)[nH]c(-c2ccc3ccccc3c2)n1. The number of benzene rings is 2. The number of nitrogens with zero attached hydrogens (tertiary/aromatic N) is 1. The Morgan fingerprint density at radius 3 is 2.55 bits per heavy atom. The lowest BCUT2D eigenvalue weighted by molar-refractivity contribution is 0.0690. The maximum atomic E-state index is 11.5. The zero-order valence-electron chi connectivity index (χ0n) is 10.3. The predicted octanol–water partition coefficient (Wildman–Crippen LogP) is 2.29. The molecule has 0 bridgehead atoms. The van der Waals surface area contributed by atoms with Crippen LogP contribution in [0.15, 0.2) is 53.3 Å². The standard InChI is InChI=1S/C15H10N2O3/c18-13-8-12(15(19)20)16-14(17-13)11-6-5-9-3-1-2-4-10(9)7-11/h1-8H,(H,19,20)(H,16,17,18). The fraction of sp³-hybridized carbons (Fsp3) is 0. The minimum atomic E-state index is -1.22. The van der Waals surface area contributed by atoms with Crippen molar-refractivity contribution in [1.82, 2.24) is 9.97 Å². The van der Waals surface area contributed by atoms with Crippen LogP contribution in [-0.2, 0) is 0 Å². The lowest BCUT2D eigenvalue weighted by Gasteiger charge is -2.04. The maximum Gasteiger partial charge on any atom is 0.354 e. The lowest BCUT2D eigenvalue weighted by Crippen LogP contribution is -2.13. The number of aromatic carboxylic acids is 1. The van der Waals surface area contributed by atoms with E-state index < -0.39 is 11.5 Å². The molecule has 0 atom stereocenters. The highest BCUT2D eigenvalue weighted by molar-refractivity contribution is 5.88. The molecule has 1 heterocycles. The second-order valence-electron chi connectivity index (χ2n) is 4.35. The Kier molecular flexibility index (Phi) is 2.80. The Bertz CT molecular complexity index is 868. The molecule has 0 unspecified atom stereocenters. The molecule has 2 aromatic carbocycles. The molecule has 2 N–H and O–H groups in total. The maximum absolute atomic E-state index is 11.5. The topological polar surface area (TPSA) is 83.0 Å². The van der Waals surface area contributed by atoms with Crippen LogP contribution in [0.5, 0.6) is 0 Å². The third kappa shape index (κ3) is 2.16. The van der Waals surface area contributed by atoms with Gasteiger partial charge in [0.2, 0.25) is 0 Å². The van der Waals surface area contributed by atoms with Crippen molar-refractivity contribution in [2.45, 2.75) is 0 Å². The molecule has 0 saturated heterocycles. The van der Waals surface area contributed by atoms with E-state index in [2.05, 4.69) is 9.97 Å². The number of hydrogen-bond acceptors (Lipinski definition) is 3. The third-order valence-electron chi connectivity index (χ3n) is 2.98. The van der Waals surface area contributed by atoms with Crippen LogP contribution < -0.4 is 5.56 Å². The van der Waals surface area contributed by atoms with Gasteiger partial charge < -0.3 is 10.1 Å². The summed E-state index contributed by atoms with van der Waals surface area (Å²) in [5.74, 6) is -0.973. The number of carboxylic acid groups (broad SMARTS) is 1. The van der Waals surface area contributed by atoms with Gasteiger partial charge >= 0.3 is 5.97 Å². The Hall–Kier alpha value is -2.95. The van der Waals surface area contributed by atoms with Crippen molar-refractivity contribution in [3.05, 3.63) is 64.6 Å². The number of carboxylic acids is 1. The van der Waals surface area contributed by atoms with Gasteiger partial charge in [-0.25, -0.2) is 9.78 Å². The van der Waals surface area contributed by atoms with Gasteiger partial charge in [0.1, 0.15) is 5.82 Å². The summed E-state index contributed by atoms with van der Waals surface area (Å²) in [5.41, 5.74) is -0.0821. The number of H-pyrrole nitrogens is 1. The van der Waals surface area contributed by atoms with E-state index in [1.165, 1.54) is 0 Å². The summed E-state index contributed by atoms with van der Waals surface area (Å²) in [6.45, 7) is 0. The van der Waals surface area contributed by atoms with Crippen LogP contribution in [0.4, 0.5) is 0 Å². The summed E-state index contributed by atoms with van der Waals surface area (Å²) in [4.78, 5) is 28.9. The van der Waals surface area contributed by atoms with Gasteiger partial charge in [-0.1, -0.05) is 36.4 Å². The molecule has 1 aromatic heterocycles. The van der Waals surface area contributed by atoms with Crippen LogP contribution in [-0.4, -0.2) is 21.0 Å². The number of aromatic amines is 1. The number of carbonyl (C=O) groups is 1. The van der Waals surface area contributed by atoms with Crippen molar-refractivity contribution in [2.24, 2.45) is 0 Å². The fourth-order valence-electron chi connectivity index (χ4n) is 2.04. The van der Waals surface area contributed by atoms with Crippen LogP contribution in [0.25, 0.3) is 22.2 Å². The molecule has 0 aliphatic carbocycles. The normalized spacial score (nSPS) is 10.6. The lowest BCUT2D eigenvalue weighted by atomic mass is 10.1. The first-order chi connectivity index (χ1) is 9.63. The molecule has 0 radical (unpaired) electrons. The van der Waals surface area contributed by atoms with E-state index in [1.807, 2.05) is 36.4 Å². The summed E-state index contributed by atoms with van der Waals surface area (Å²) in [5, 5.41) is 11.0. The summed E-state index contributed by atoms with van der Waals surface area (Å²) in [7, 11) is 0. The molecule has 20 heavy (non-hydrogen) atoms. The van der Waals surface area contributed by atoms with Crippen molar-refractivity contribution < 1.29 is 9.90 Å². The highest BCUT2D eigenvalue weighted by atomic mass is 16.4. The molecular formula is C15H10N2O3. The fourth-order valence-corrected chi connectivity index (χ4v) is 2.04. The average Bonchev–Trinajstić information content (AvgIpc) is 2.46. The van der Waals surface area contributed by atoms with Gasteiger partial charge in [0.15, 0.2) is 5.69 Å². The van der Waals surface area contributed by atoms with Gasteiger partial charge in [-0.2, -0.15) is 0 Å². The van der Waals surface area contributed by atoms with Gasteiger partial charge in [-0.15, -0.1) is 0 Å². The van der Waals surface area contributed by atoms with E-state index >= 15 is 0 Å². The minimum Gasteiger partial charge on any atom is -0.477 e. The van der Waals surface area contributed by atoms with Crippen molar-refractivity contribution in [1.29, 1.82) is 0 Å². The molecule has 0 amide bonds. The molecule has 5 nitrogen and oxygen atoms in total. The third-order valence-corrected chi connectivity index (χ3v) is 2.98. The summed E-state index contributed by atoms with van der Waals surface area (Å²) < 4.78 is 0. The second-order valence-corrected chi connectivity index (χ2v) is 4.35. The first kappa shape index (κ1) is 12.1. The highest BCUT2D eigenvalue weighted by Crippen LogP contribution is 2.21. The molecule has 5 heteroatoms. The minimum absolute atomic E-state index is 0.251. The summed E-state index contributed by atoms with van der Waals surface area (Å²) in [6.07, 6.45) is 0. The van der Waals surface area contributed by atoms with Crippen LogP contribution in [0.2, 0.25) is 0 Å². The van der Waals surface area contributed by atoms with Gasteiger partial charge in [0.25, 0.3) is 5.56 Å². The molecule has 0 aliphatic rings. The van der Waals surface area contributed by atoms with Crippen LogP contribution in [0, 0.1) is 0 Å². The van der Waals surface area contributed by atoms with Gasteiger partial charge in [-0.3, -0.25) is 4.79 Å². The first-order valence-corrected chi connectivity index (χ1v) is 5.97. The van der Waals surface area contributed by atoms with Crippen LogP contribution in [0.1, 0.15) is 10.5 Å². The molecule has 0 fully saturated rings. The number of hydrogen-bond donors (Lipinski definition) is 2. The summed E-state index contributed by atoms with van der Waals surface area (Å²) in [6, 6.07) is 14.3. The smallest absolute Gasteiger partial charge is 0.354 e. The average molecular weight is 266 g/mol. The van der Waals surface area contributed by atoms with Crippen LogP contribution >= 0.6 is 0 Å². The molecule has 0 aliphatic heterocycles. The predicted molar refractivity (Wildman–Crippen MR) is 74.8 cm³/mol. The number of fused-ring (bicyclic) bond motifs is 1. The number of rotatable bonds is 2. The number of nitrogens with one attached hydrogen (secondary N) is 1. The summed E-state index contributed by atoms with van der Waals surface area (Å²) >= 11 is 0. The highest BCUT2D eigenvalue weighted by Gasteiger charge is 2.09. The van der Waals surface area contributed by atoms with Gasteiger partial charge in [-0.05, 0) is 16.8 Å². The monoisotopic (exact) mass is 266 g/mol. The molecule has 3 rings (SSSR count). The van der Waals surface area contributed by atoms with E-state index in [9.17, 15) is 9.59 Å². The van der Waals surface area contributed by atoms with Crippen molar-refractivity contribution >= 4 is 16.7 Å². The zero-order chi connectivity index (χ0) is 14.1. The first-order valence-electron chi connectivity index (χ1n) is 5.97. The van der Waals surface area contributed by atoms with Gasteiger partial charge in [0, 0.05) is 11.6 Å². The molecule has 0 spiro atoms. The van der Waals surface area contributed by atoms with E-state index in [0.29, 0.717) is 5.56 Å². The quantitative estimate of drug-likeness (QED) is 0.745. The van der Waals surface area contributed by atoms with Gasteiger partial charge in [0.05, 0.1) is 0 Å². The molecular weight excluding hydrogens is 256 g/mol. The Balaban J connectivity index is 2.20. The molecule has 98 valence electrons. The van der Waals surface area contributed by atoms with Crippen molar-refractivity contribution in [2.75, 3.05) is 0 Å². The molecule has 3 aromatic rings. The second kappa shape index (κ2) is 4.62. The van der Waals surface area contributed by atoms with E-state index in [0.717, 1.165) is 16.8 Å². The Morgan fingerprint density at radius 2 is 1.80 bits per heavy atom. The Morgan fingerprint density at radius 1 is 1.05 bits per heavy atom. The Labute approximate surface area is 113 Å². The van der Waals surface area contributed by atoms with E-state index in [-0.39, 0.29) is 11.5 Å².